The van der Waals surface area contributed by atoms with Gasteiger partial charge in [0.2, 0.25) is 5.91 Å². The molecule has 2 rings (SSSR count). The second-order valence-corrected chi connectivity index (χ2v) is 5.79. The zero-order valence-corrected chi connectivity index (χ0v) is 15.0. The zero-order valence-electron chi connectivity index (χ0n) is 15.0. The van der Waals surface area contributed by atoms with E-state index in [-0.39, 0.29) is 17.9 Å². The summed E-state index contributed by atoms with van der Waals surface area (Å²) in [6, 6.07) is 11.5. The number of amides is 1. The normalized spacial score (nSPS) is 10.2. The first-order valence-corrected chi connectivity index (χ1v) is 8.46. The van der Waals surface area contributed by atoms with Gasteiger partial charge in [-0.3, -0.25) is 4.79 Å². The van der Waals surface area contributed by atoms with E-state index in [1.165, 1.54) is 12.1 Å². The van der Waals surface area contributed by atoms with Crippen molar-refractivity contribution >= 4 is 17.6 Å². The van der Waals surface area contributed by atoms with Crippen LogP contribution in [0.15, 0.2) is 42.5 Å². The first-order chi connectivity index (χ1) is 12.5. The SMILES string of the molecule is CCCCOc1ccc(OC)cc1NC(=O)Cc1ccc(C(=O)O)cc1. The fraction of sp³-hybridized carbons (Fsp3) is 0.300. The Labute approximate surface area is 152 Å². The van der Waals surface area contributed by atoms with Crippen molar-refractivity contribution in [1.82, 2.24) is 0 Å². The van der Waals surface area contributed by atoms with Gasteiger partial charge in [0, 0.05) is 6.07 Å². The third-order valence-corrected chi connectivity index (χ3v) is 3.78. The van der Waals surface area contributed by atoms with Crippen molar-refractivity contribution in [2.75, 3.05) is 19.0 Å². The number of ether oxygens (including phenoxy) is 2. The van der Waals surface area contributed by atoms with Crippen molar-refractivity contribution in [2.24, 2.45) is 0 Å². The second-order valence-electron chi connectivity index (χ2n) is 5.79. The number of methoxy groups -OCH3 is 1. The number of rotatable bonds is 9. The monoisotopic (exact) mass is 357 g/mol. The molecule has 0 aliphatic rings. The Kier molecular flexibility index (Phi) is 7.02. The third-order valence-electron chi connectivity index (χ3n) is 3.78. The van der Waals surface area contributed by atoms with E-state index < -0.39 is 5.97 Å². The Bertz CT molecular complexity index is 755. The van der Waals surface area contributed by atoms with Crippen LogP contribution in [0.3, 0.4) is 0 Å². The smallest absolute Gasteiger partial charge is 0.335 e. The van der Waals surface area contributed by atoms with Crippen LogP contribution in [0.25, 0.3) is 0 Å². The predicted molar refractivity (Wildman–Crippen MR) is 99.1 cm³/mol. The molecule has 0 unspecified atom stereocenters. The Hall–Kier alpha value is -3.02. The van der Waals surface area contributed by atoms with Gasteiger partial charge in [-0.2, -0.15) is 0 Å². The highest BCUT2D eigenvalue weighted by Gasteiger charge is 2.11. The van der Waals surface area contributed by atoms with E-state index in [9.17, 15) is 9.59 Å². The lowest BCUT2D eigenvalue weighted by Gasteiger charge is -2.14. The van der Waals surface area contributed by atoms with Crippen LogP contribution in [0.2, 0.25) is 0 Å². The van der Waals surface area contributed by atoms with E-state index in [4.69, 9.17) is 14.6 Å². The Balaban J connectivity index is 2.07. The average Bonchev–Trinajstić information content (AvgIpc) is 2.63. The Morgan fingerprint density at radius 1 is 1.12 bits per heavy atom. The van der Waals surface area contributed by atoms with Crippen LogP contribution in [0.4, 0.5) is 5.69 Å². The summed E-state index contributed by atoms with van der Waals surface area (Å²) in [7, 11) is 1.56. The highest BCUT2D eigenvalue weighted by Crippen LogP contribution is 2.29. The molecule has 0 aliphatic heterocycles. The van der Waals surface area contributed by atoms with Gasteiger partial charge in [0.15, 0.2) is 0 Å². The quantitative estimate of drug-likeness (QED) is 0.668. The molecule has 0 atom stereocenters. The molecule has 2 N–H and O–H groups in total. The van der Waals surface area contributed by atoms with Gasteiger partial charge in [0.1, 0.15) is 11.5 Å². The van der Waals surface area contributed by atoms with E-state index in [0.717, 1.165) is 18.4 Å². The highest BCUT2D eigenvalue weighted by molar-refractivity contribution is 5.94. The minimum atomic E-state index is -0.994. The van der Waals surface area contributed by atoms with Gasteiger partial charge in [-0.15, -0.1) is 0 Å². The Morgan fingerprint density at radius 3 is 2.46 bits per heavy atom. The number of nitrogens with one attached hydrogen (secondary N) is 1. The number of anilines is 1. The summed E-state index contributed by atoms with van der Waals surface area (Å²) in [5, 5.41) is 11.8. The molecule has 0 saturated carbocycles. The summed E-state index contributed by atoms with van der Waals surface area (Å²) in [5.74, 6) is -0.00398. The topological polar surface area (TPSA) is 84.9 Å². The molecule has 1 amide bonds. The fourth-order valence-electron chi connectivity index (χ4n) is 2.33. The lowest BCUT2D eigenvalue weighted by Crippen LogP contribution is -2.15. The predicted octanol–water partition coefficient (Wildman–Crippen LogP) is 3.75. The Morgan fingerprint density at radius 2 is 1.85 bits per heavy atom. The van der Waals surface area contributed by atoms with Crippen LogP contribution in [-0.4, -0.2) is 30.7 Å². The van der Waals surface area contributed by atoms with Gasteiger partial charge in [0.05, 0.1) is 31.4 Å². The highest BCUT2D eigenvalue weighted by atomic mass is 16.5. The number of unbranched alkanes of at least 4 members (excludes halogenated alkanes) is 1. The van der Waals surface area contributed by atoms with Crippen molar-refractivity contribution in [3.63, 3.8) is 0 Å². The molecule has 6 nitrogen and oxygen atoms in total. The van der Waals surface area contributed by atoms with Crippen molar-refractivity contribution < 1.29 is 24.2 Å². The molecule has 138 valence electrons. The van der Waals surface area contributed by atoms with Crippen LogP contribution in [0, 0.1) is 0 Å². The van der Waals surface area contributed by atoms with Crippen LogP contribution < -0.4 is 14.8 Å². The van der Waals surface area contributed by atoms with E-state index >= 15 is 0 Å². The van der Waals surface area contributed by atoms with Crippen molar-refractivity contribution in [3.8, 4) is 11.5 Å². The number of carbonyl (C=O) groups excluding carboxylic acids is 1. The molecule has 2 aromatic carbocycles. The summed E-state index contributed by atoms with van der Waals surface area (Å²) in [6.07, 6.45) is 2.07. The maximum atomic E-state index is 12.4. The van der Waals surface area contributed by atoms with Gasteiger partial charge in [0.25, 0.3) is 0 Å². The fourth-order valence-corrected chi connectivity index (χ4v) is 2.33. The second kappa shape index (κ2) is 9.46. The van der Waals surface area contributed by atoms with Gasteiger partial charge >= 0.3 is 5.97 Å². The number of carbonyl (C=O) groups is 2. The van der Waals surface area contributed by atoms with Gasteiger partial charge < -0.3 is 19.9 Å². The van der Waals surface area contributed by atoms with Crippen molar-refractivity contribution in [3.05, 3.63) is 53.6 Å². The molecule has 2 aromatic rings. The van der Waals surface area contributed by atoms with E-state index in [1.54, 1.807) is 37.4 Å². The molecule has 0 aliphatic carbocycles. The summed E-state index contributed by atoms with van der Waals surface area (Å²) < 4.78 is 10.9. The standard InChI is InChI=1S/C20H23NO5/c1-3-4-11-26-18-10-9-16(25-2)13-17(18)21-19(22)12-14-5-7-15(8-6-14)20(23)24/h5-10,13H,3-4,11-12H2,1-2H3,(H,21,22)(H,23,24). The number of hydrogen-bond acceptors (Lipinski definition) is 4. The van der Waals surface area contributed by atoms with Crippen LogP contribution in [0.5, 0.6) is 11.5 Å². The lowest BCUT2D eigenvalue weighted by molar-refractivity contribution is -0.115. The van der Waals surface area contributed by atoms with E-state index in [2.05, 4.69) is 12.2 Å². The third kappa shape index (κ3) is 5.51. The number of hydrogen-bond donors (Lipinski definition) is 2. The van der Waals surface area contributed by atoms with Crippen molar-refractivity contribution in [2.45, 2.75) is 26.2 Å². The molecule has 0 bridgehead atoms. The largest absolute Gasteiger partial charge is 0.497 e. The summed E-state index contributed by atoms with van der Waals surface area (Å²) in [6.45, 7) is 2.65. The minimum Gasteiger partial charge on any atom is -0.497 e. The lowest BCUT2D eigenvalue weighted by atomic mass is 10.1. The van der Waals surface area contributed by atoms with Gasteiger partial charge in [-0.05, 0) is 36.2 Å². The minimum absolute atomic E-state index is 0.130. The molecular weight excluding hydrogens is 334 g/mol. The summed E-state index contributed by atoms with van der Waals surface area (Å²) >= 11 is 0. The molecule has 0 spiro atoms. The number of carboxylic acids is 1. The van der Waals surface area contributed by atoms with E-state index in [0.29, 0.717) is 23.8 Å². The van der Waals surface area contributed by atoms with Crippen LogP contribution >= 0.6 is 0 Å². The first kappa shape index (κ1) is 19.3. The molecule has 6 heteroatoms. The maximum Gasteiger partial charge on any atom is 0.335 e. The maximum absolute atomic E-state index is 12.4. The molecule has 0 fully saturated rings. The van der Waals surface area contributed by atoms with Gasteiger partial charge in [-0.1, -0.05) is 25.5 Å². The first-order valence-electron chi connectivity index (χ1n) is 8.46. The molecule has 0 heterocycles. The molecular formula is C20H23NO5. The summed E-state index contributed by atoms with van der Waals surface area (Å²) in [4.78, 5) is 23.2. The number of carboxylic acid groups (broad SMARTS) is 1. The summed E-state index contributed by atoms with van der Waals surface area (Å²) in [5.41, 5.74) is 1.46. The average molecular weight is 357 g/mol. The number of benzene rings is 2. The molecule has 0 saturated heterocycles. The van der Waals surface area contributed by atoms with Crippen LogP contribution in [0.1, 0.15) is 35.7 Å². The van der Waals surface area contributed by atoms with Gasteiger partial charge in [-0.25, -0.2) is 4.79 Å². The van der Waals surface area contributed by atoms with E-state index in [1.807, 2.05) is 0 Å². The molecule has 26 heavy (non-hydrogen) atoms. The zero-order chi connectivity index (χ0) is 18.9. The van der Waals surface area contributed by atoms with Crippen LogP contribution in [-0.2, 0) is 11.2 Å². The molecule has 0 aromatic heterocycles. The van der Waals surface area contributed by atoms with Crippen molar-refractivity contribution in [1.29, 1.82) is 0 Å². The molecule has 0 radical (unpaired) electrons. The number of aromatic carboxylic acids is 1.